The Labute approximate surface area is 113 Å². The molecule has 104 valence electrons. The quantitative estimate of drug-likeness (QED) is 0.790. The third-order valence-electron chi connectivity index (χ3n) is 3.16. The van der Waals surface area contributed by atoms with E-state index in [1.165, 1.54) is 11.1 Å². The Morgan fingerprint density at radius 1 is 1.32 bits per heavy atom. The van der Waals surface area contributed by atoms with Gasteiger partial charge in [-0.2, -0.15) is 0 Å². The first kappa shape index (κ1) is 13.8. The maximum absolute atomic E-state index is 11.5. The number of benzene rings is 1. The predicted molar refractivity (Wildman–Crippen MR) is 71.4 cm³/mol. The van der Waals surface area contributed by atoms with Crippen LogP contribution in [0.25, 0.3) is 0 Å². The van der Waals surface area contributed by atoms with Gasteiger partial charge in [0.15, 0.2) is 0 Å². The first-order valence-electron chi connectivity index (χ1n) is 6.68. The fraction of sp³-hybridized carbons (Fsp3) is 0.500. The lowest BCUT2D eigenvalue weighted by molar-refractivity contribution is -0.111. The highest BCUT2D eigenvalue weighted by Gasteiger charge is 2.18. The summed E-state index contributed by atoms with van der Waals surface area (Å²) in [6.07, 6.45) is 1.93. The van der Waals surface area contributed by atoms with Crippen molar-refractivity contribution in [3.05, 3.63) is 35.4 Å². The fourth-order valence-corrected chi connectivity index (χ4v) is 2.12. The van der Waals surface area contributed by atoms with Gasteiger partial charge < -0.3 is 15.3 Å². The van der Waals surface area contributed by atoms with Gasteiger partial charge in [0.1, 0.15) is 0 Å². The average Bonchev–Trinajstić information content (AvgIpc) is 2.43. The maximum atomic E-state index is 11.5. The summed E-state index contributed by atoms with van der Waals surface area (Å²) in [6, 6.07) is 8.20. The van der Waals surface area contributed by atoms with Gasteiger partial charge in [-0.15, -0.1) is 5.06 Å². The molecule has 19 heavy (non-hydrogen) atoms. The molecule has 0 atom stereocenters. The molecule has 0 spiro atoms. The summed E-state index contributed by atoms with van der Waals surface area (Å²) in [5.74, 6) is 0. The van der Waals surface area contributed by atoms with E-state index >= 15 is 0 Å². The number of aliphatic hydroxyl groups excluding tert-OH is 1. The monoisotopic (exact) mass is 264 g/mol. The number of rotatable bonds is 5. The smallest absolute Gasteiger partial charge is 0.396 e. The van der Waals surface area contributed by atoms with Gasteiger partial charge in [0.05, 0.1) is 6.54 Å². The van der Waals surface area contributed by atoms with Crippen LogP contribution < -0.4 is 5.32 Å². The Kier molecular flexibility index (Phi) is 5.18. The van der Waals surface area contributed by atoms with Crippen molar-refractivity contribution in [2.24, 2.45) is 0 Å². The molecule has 1 aromatic rings. The van der Waals surface area contributed by atoms with Gasteiger partial charge in [0.2, 0.25) is 0 Å². The van der Waals surface area contributed by atoms with Crippen LogP contribution in [-0.2, 0) is 17.8 Å². The summed E-state index contributed by atoms with van der Waals surface area (Å²) in [5.41, 5.74) is 2.53. The van der Waals surface area contributed by atoms with E-state index in [9.17, 15) is 4.79 Å². The van der Waals surface area contributed by atoms with Crippen molar-refractivity contribution in [1.29, 1.82) is 0 Å². The molecule has 2 rings (SSSR count). The van der Waals surface area contributed by atoms with Crippen LogP contribution in [0.2, 0.25) is 0 Å². The van der Waals surface area contributed by atoms with Gasteiger partial charge in [-0.05, 0) is 30.4 Å². The number of fused-ring (bicyclic) bond motifs is 1. The lowest BCUT2D eigenvalue weighted by atomic mass is 10.0. The number of nitrogens with one attached hydrogen (secondary N) is 1. The van der Waals surface area contributed by atoms with E-state index in [2.05, 4.69) is 17.4 Å². The number of hydrogen-bond donors (Lipinski definition) is 2. The van der Waals surface area contributed by atoms with Crippen LogP contribution in [0.3, 0.4) is 0 Å². The molecule has 0 saturated heterocycles. The van der Waals surface area contributed by atoms with E-state index in [0.717, 1.165) is 19.4 Å². The normalized spacial score (nSPS) is 14.8. The molecule has 0 unspecified atom stereocenters. The number of carbonyl (C=O) groups is 1. The number of amides is 1. The molecule has 2 N–H and O–H groups in total. The first-order valence-corrected chi connectivity index (χ1v) is 6.68. The van der Waals surface area contributed by atoms with Crippen molar-refractivity contribution < 1.29 is 14.7 Å². The molecule has 5 heteroatoms. The highest BCUT2D eigenvalue weighted by Crippen LogP contribution is 2.18. The topological polar surface area (TPSA) is 61.8 Å². The molecule has 1 aliphatic heterocycles. The summed E-state index contributed by atoms with van der Waals surface area (Å²) in [7, 11) is 0. The van der Waals surface area contributed by atoms with Crippen molar-refractivity contribution in [2.75, 3.05) is 19.7 Å². The van der Waals surface area contributed by atoms with E-state index < -0.39 is 6.09 Å². The predicted octanol–water partition coefficient (Wildman–Crippen LogP) is 1.46. The lowest BCUT2D eigenvalue weighted by Crippen LogP contribution is -2.37. The van der Waals surface area contributed by atoms with E-state index in [1.54, 1.807) is 5.06 Å². The Balaban J connectivity index is 1.74. The number of aliphatic hydroxyl groups is 1. The molecule has 1 aromatic carbocycles. The Morgan fingerprint density at radius 3 is 2.89 bits per heavy atom. The molecule has 1 aliphatic rings. The van der Waals surface area contributed by atoms with E-state index in [4.69, 9.17) is 9.94 Å². The van der Waals surface area contributed by atoms with Gasteiger partial charge in [-0.3, -0.25) is 0 Å². The number of carbonyl (C=O) groups excluding carboxylic acids is 1. The number of hydroxylamine groups is 2. The minimum atomic E-state index is -0.419. The fourth-order valence-electron chi connectivity index (χ4n) is 2.12. The molecule has 1 heterocycles. The summed E-state index contributed by atoms with van der Waals surface area (Å²) >= 11 is 0. The molecule has 0 aliphatic carbocycles. The SMILES string of the molecule is O=C(NCCCCO)ON1CCc2ccccc2C1. The summed E-state index contributed by atoms with van der Waals surface area (Å²) in [4.78, 5) is 16.8. The lowest BCUT2D eigenvalue weighted by Gasteiger charge is -2.27. The van der Waals surface area contributed by atoms with Gasteiger partial charge in [-0.1, -0.05) is 24.3 Å². The van der Waals surface area contributed by atoms with Gasteiger partial charge >= 0.3 is 6.09 Å². The third kappa shape index (κ3) is 4.22. The average molecular weight is 264 g/mol. The molecule has 0 radical (unpaired) electrons. The van der Waals surface area contributed by atoms with Crippen molar-refractivity contribution >= 4 is 6.09 Å². The van der Waals surface area contributed by atoms with Crippen molar-refractivity contribution in [3.8, 4) is 0 Å². The Morgan fingerprint density at radius 2 is 2.11 bits per heavy atom. The van der Waals surface area contributed by atoms with Crippen LogP contribution >= 0.6 is 0 Å². The van der Waals surface area contributed by atoms with Crippen LogP contribution in [0.4, 0.5) is 4.79 Å². The molecular weight excluding hydrogens is 244 g/mol. The zero-order chi connectivity index (χ0) is 13.5. The van der Waals surface area contributed by atoms with Crippen molar-refractivity contribution in [1.82, 2.24) is 10.4 Å². The second-order valence-electron chi connectivity index (χ2n) is 4.62. The van der Waals surface area contributed by atoms with Crippen LogP contribution in [0, 0.1) is 0 Å². The molecular formula is C14H20N2O3. The van der Waals surface area contributed by atoms with Crippen molar-refractivity contribution in [3.63, 3.8) is 0 Å². The van der Waals surface area contributed by atoms with E-state index in [1.807, 2.05) is 12.1 Å². The van der Waals surface area contributed by atoms with Gasteiger partial charge in [0.25, 0.3) is 0 Å². The van der Waals surface area contributed by atoms with Crippen LogP contribution in [0.5, 0.6) is 0 Å². The van der Waals surface area contributed by atoms with Crippen LogP contribution in [0.15, 0.2) is 24.3 Å². The maximum Gasteiger partial charge on any atom is 0.426 e. The van der Waals surface area contributed by atoms with E-state index in [-0.39, 0.29) is 6.61 Å². The minimum absolute atomic E-state index is 0.152. The molecule has 0 bridgehead atoms. The molecule has 1 amide bonds. The second-order valence-corrected chi connectivity index (χ2v) is 4.62. The second kappa shape index (κ2) is 7.11. The number of nitrogens with zero attached hydrogens (tertiary/aromatic N) is 1. The summed E-state index contributed by atoms with van der Waals surface area (Å²) in [5, 5.41) is 13.0. The van der Waals surface area contributed by atoms with Crippen molar-refractivity contribution in [2.45, 2.75) is 25.8 Å². The van der Waals surface area contributed by atoms with Gasteiger partial charge in [0, 0.05) is 19.7 Å². The zero-order valence-electron chi connectivity index (χ0n) is 11.0. The Bertz CT molecular complexity index is 423. The minimum Gasteiger partial charge on any atom is -0.396 e. The Hall–Kier alpha value is -1.59. The standard InChI is InChI=1S/C14H20N2O3/c17-10-4-3-8-15-14(18)19-16-9-7-12-5-1-2-6-13(12)11-16/h1-2,5-6,17H,3-4,7-11H2,(H,15,18). The van der Waals surface area contributed by atoms with Crippen LogP contribution in [0.1, 0.15) is 24.0 Å². The summed E-state index contributed by atoms with van der Waals surface area (Å²) in [6.45, 7) is 2.05. The van der Waals surface area contributed by atoms with Crippen LogP contribution in [-0.4, -0.2) is 36.0 Å². The number of unbranched alkanes of at least 4 members (excludes halogenated alkanes) is 1. The largest absolute Gasteiger partial charge is 0.426 e. The molecule has 0 fully saturated rings. The molecule has 5 nitrogen and oxygen atoms in total. The molecule has 0 saturated carbocycles. The third-order valence-corrected chi connectivity index (χ3v) is 3.16. The number of hydrogen-bond acceptors (Lipinski definition) is 4. The van der Waals surface area contributed by atoms with E-state index in [0.29, 0.717) is 19.5 Å². The first-order chi connectivity index (χ1) is 9.29. The highest BCUT2D eigenvalue weighted by molar-refractivity contribution is 5.66. The zero-order valence-corrected chi connectivity index (χ0v) is 11.0. The summed E-state index contributed by atoms with van der Waals surface area (Å²) < 4.78 is 0. The highest BCUT2D eigenvalue weighted by atomic mass is 16.7. The molecule has 0 aromatic heterocycles. The van der Waals surface area contributed by atoms with Gasteiger partial charge in [-0.25, -0.2) is 4.79 Å².